The van der Waals surface area contributed by atoms with Gasteiger partial charge in [-0.15, -0.1) is 0 Å². The van der Waals surface area contributed by atoms with Crippen molar-refractivity contribution in [3.8, 4) is 0 Å². The van der Waals surface area contributed by atoms with E-state index in [0.29, 0.717) is 16.9 Å². The van der Waals surface area contributed by atoms with E-state index in [-0.39, 0.29) is 0 Å². The molecule has 0 aromatic carbocycles. The largest absolute Gasteiger partial charge is 0.305 e. The van der Waals surface area contributed by atoms with E-state index in [1.807, 2.05) is 27.7 Å². The van der Waals surface area contributed by atoms with Crippen LogP contribution in [0.25, 0.3) is 0 Å². The average Bonchev–Trinajstić information content (AvgIpc) is 2.67. The Labute approximate surface area is 116 Å². The smallest absolute Gasteiger partial charge is 0.00567 e. The molecule has 0 aromatic heterocycles. The van der Waals surface area contributed by atoms with E-state index in [4.69, 9.17) is 0 Å². The lowest BCUT2D eigenvalue weighted by Gasteiger charge is -2.31. The zero-order valence-electron chi connectivity index (χ0n) is 14.3. The minimum absolute atomic E-state index is 0.520. The summed E-state index contributed by atoms with van der Waals surface area (Å²) in [4.78, 5) is 5.14. The van der Waals surface area contributed by atoms with E-state index in [0.717, 1.165) is 0 Å². The van der Waals surface area contributed by atoms with Crippen LogP contribution in [0, 0.1) is 10.8 Å². The molecule has 0 saturated carbocycles. The van der Waals surface area contributed by atoms with Gasteiger partial charge in [-0.25, -0.2) is 0 Å². The van der Waals surface area contributed by atoms with E-state index in [1.54, 1.807) is 0 Å². The molecule has 2 heteroatoms. The van der Waals surface area contributed by atoms with Gasteiger partial charge in [0.1, 0.15) is 0 Å². The Morgan fingerprint density at radius 1 is 0.778 bits per heavy atom. The summed E-state index contributed by atoms with van der Waals surface area (Å²) in [7, 11) is 2.26. The van der Waals surface area contributed by atoms with Crippen LogP contribution in [-0.4, -0.2) is 49.1 Å². The van der Waals surface area contributed by atoms with Crippen LogP contribution in [0.1, 0.15) is 55.4 Å². The first-order chi connectivity index (χ1) is 8.36. The highest BCUT2D eigenvalue weighted by Gasteiger charge is 2.56. The van der Waals surface area contributed by atoms with Crippen LogP contribution in [-0.2, 0) is 0 Å². The topological polar surface area (TPSA) is 6.48 Å². The van der Waals surface area contributed by atoms with Crippen molar-refractivity contribution < 1.29 is 0 Å². The molecule has 2 aliphatic rings. The maximum atomic E-state index is 2.65. The van der Waals surface area contributed by atoms with Crippen LogP contribution < -0.4 is 0 Å². The van der Waals surface area contributed by atoms with Crippen molar-refractivity contribution in [2.24, 2.45) is 10.8 Å². The molecule has 0 N–H and O–H groups in total. The number of likely N-dealkylation sites (tertiary alicyclic amines) is 2. The Morgan fingerprint density at radius 2 is 1.11 bits per heavy atom. The normalized spacial score (nSPS) is 35.7. The Bertz CT molecular complexity index is 219. The van der Waals surface area contributed by atoms with Gasteiger partial charge in [0.05, 0.1) is 0 Å². The van der Waals surface area contributed by atoms with Gasteiger partial charge < -0.3 is 4.90 Å². The Hall–Kier alpha value is -0.0800. The zero-order chi connectivity index (χ0) is 14.6. The van der Waals surface area contributed by atoms with E-state index in [9.17, 15) is 0 Å². The predicted molar refractivity (Wildman–Crippen MR) is 83.1 cm³/mol. The van der Waals surface area contributed by atoms with E-state index >= 15 is 0 Å². The molecule has 0 aromatic rings. The summed E-state index contributed by atoms with van der Waals surface area (Å²) in [6.07, 6.45) is 0. The van der Waals surface area contributed by atoms with Gasteiger partial charge in [0.25, 0.3) is 0 Å². The Morgan fingerprint density at radius 3 is 1.39 bits per heavy atom. The number of hydrogen-bond acceptors (Lipinski definition) is 2. The highest BCUT2D eigenvalue weighted by molar-refractivity contribution is 5.09. The molecule has 2 atom stereocenters. The molecule has 18 heavy (non-hydrogen) atoms. The van der Waals surface area contributed by atoms with E-state index in [2.05, 4.69) is 44.5 Å². The first-order valence-corrected chi connectivity index (χ1v) is 7.79. The van der Waals surface area contributed by atoms with Crippen LogP contribution in [0.2, 0.25) is 0 Å². The van der Waals surface area contributed by atoms with E-state index < -0.39 is 0 Å². The third-order valence-electron chi connectivity index (χ3n) is 4.53. The van der Waals surface area contributed by atoms with Crippen molar-refractivity contribution in [3.05, 3.63) is 0 Å². The third-order valence-corrected chi connectivity index (χ3v) is 4.53. The lowest BCUT2D eigenvalue weighted by molar-refractivity contribution is 0.211. The summed E-state index contributed by atoms with van der Waals surface area (Å²) in [5.74, 6) is 0. The fraction of sp³-hybridized carbons (Fsp3) is 1.00. The van der Waals surface area contributed by atoms with Gasteiger partial charge in [0.15, 0.2) is 0 Å². The second-order valence-corrected chi connectivity index (χ2v) is 6.29. The van der Waals surface area contributed by atoms with Crippen LogP contribution in [0.5, 0.6) is 0 Å². The van der Waals surface area contributed by atoms with Crippen LogP contribution in [0.4, 0.5) is 0 Å². The van der Waals surface area contributed by atoms with Crippen LogP contribution in [0.3, 0.4) is 0 Å². The predicted octanol–water partition coefficient (Wildman–Crippen LogP) is 3.72. The summed E-state index contributed by atoms with van der Waals surface area (Å²) < 4.78 is 0. The number of nitrogens with zero attached hydrogens (tertiary/aromatic N) is 2. The Balaban J connectivity index is 0.000000659. The van der Waals surface area contributed by atoms with Crippen LogP contribution in [0.15, 0.2) is 0 Å². The monoisotopic (exact) mass is 256 g/mol. The maximum Gasteiger partial charge on any atom is 0.00567 e. The van der Waals surface area contributed by atoms with Crippen molar-refractivity contribution in [2.75, 3.05) is 33.2 Å². The first-order valence-electron chi connectivity index (χ1n) is 7.79. The maximum absolute atomic E-state index is 2.65. The molecule has 2 unspecified atom stereocenters. The van der Waals surface area contributed by atoms with Gasteiger partial charge in [-0.3, -0.25) is 4.90 Å². The average molecular weight is 256 g/mol. The molecule has 0 bridgehead atoms. The molecule has 0 radical (unpaired) electrons. The van der Waals surface area contributed by atoms with Crippen LogP contribution >= 0.6 is 0 Å². The number of rotatable bonds is 1. The third kappa shape index (κ3) is 3.27. The van der Waals surface area contributed by atoms with Gasteiger partial charge >= 0.3 is 0 Å². The standard InChI is InChI=1S/C12H24N2.2C2H6/c1-10(2)14-8-11(3)6-13(5)7-12(11,4)9-14;2*1-2/h10H,6-9H2,1-5H3;2*1-2H3. The summed E-state index contributed by atoms with van der Waals surface area (Å²) >= 11 is 0. The zero-order valence-corrected chi connectivity index (χ0v) is 14.3. The lowest BCUT2D eigenvalue weighted by Crippen LogP contribution is -2.34. The van der Waals surface area contributed by atoms with Crippen molar-refractivity contribution >= 4 is 0 Å². The lowest BCUT2D eigenvalue weighted by atomic mass is 9.71. The SMILES string of the molecule is CC.CC.CC(C)N1CC2(C)CN(C)CC2(C)C1. The van der Waals surface area contributed by atoms with Gasteiger partial charge in [-0.1, -0.05) is 41.5 Å². The molecule has 2 heterocycles. The van der Waals surface area contributed by atoms with Crippen molar-refractivity contribution in [3.63, 3.8) is 0 Å². The second kappa shape index (κ2) is 6.91. The molecule has 0 amide bonds. The molecule has 2 saturated heterocycles. The minimum atomic E-state index is 0.520. The fourth-order valence-corrected chi connectivity index (χ4v) is 3.43. The van der Waals surface area contributed by atoms with E-state index in [1.165, 1.54) is 26.2 Å². The fourth-order valence-electron chi connectivity index (χ4n) is 3.43. The molecule has 2 fully saturated rings. The molecule has 2 rings (SSSR count). The molecule has 2 aliphatic heterocycles. The first kappa shape index (κ1) is 17.9. The molecular formula is C16H36N2. The summed E-state index contributed by atoms with van der Waals surface area (Å²) in [5.41, 5.74) is 1.04. The van der Waals surface area contributed by atoms with Crippen molar-refractivity contribution in [2.45, 2.75) is 61.4 Å². The molecule has 0 aliphatic carbocycles. The molecule has 110 valence electrons. The quantitative estimate of drug-likeness (QED) is 0.705. The van der Waals surface area contributed by atoms with Gasteiger partial charge in [0.2, 0.25) is 0 Å². The molecule has 2 nitrogen and oxygen atoms in total. The van der Waals surface area contributed by atoms with Gasteiger partial charge in [-0.05, 0) is 20.9 Å². The number of hydrogen-bond donors (Lipinski definition) is 0. The van der Waals surface area contributed by atoms with Crippen molar-refractivity contribution in [1.82, 2.24) is 9.80 Å². The highest BCUT2D eigenvalue weighted by Crippen LogP contribution is 2.51. The van der Waals surface area contributed by atoms with Gasteiger partial charge in [-0.2, -0.15) is 0 Å². The second-order valence-electron chi connectivity index (χ2n) is 6.29. The highest BCUT2D eigenvalue weighted by atomic mass is 15.3. The number of fused-ring (bicyclic) bond motifs is 1. The van der Waals surface area contributed by atoms with Crippen molar-refractivity contribution in [1.29, 1.82) is 0 Å². The summed E-state index contributed by atoms with van der Waals surface area (Å²) in [6.45, 7) is 22.7. The minimum Gasteiger partial charge on any atom is -0.305 e. The summed E-state index contributed by atoms with van der Waals surface area (Å²) in [5, 5.41) is 0. The molecule has 0 spiro atoms. The molecular weight excluding hydrogens is 220 g/mol. The Kier molecular flexibility index (Phi) is 6.87. The summed E-state index contributed by atoms with van der Waals surface area (Å²) in [6, 6.07) is 0.708. The van der Waals surface area contributed by atoms with Gasteiger partial charge in [0, 0.05) is 43.1 Å².